The van der Waals surface area contributed by atoms with Gasteiger partial charge in [0.25, 0.3) is 0 Å². The number of hydrogen-bond donors (Lipinski definition) is 0. The summed E-state index contributed by atoms with van der Waals surface area (Å²) >= 11 is 3.32. The molecule has 1 fully saturated rings. The maximum Gasteiger partial charge on any atom is 0.343 e. The lowest BCUT2D eigenvalue weighted by molar-refractivity contribution is -0.117. The number of nitrogens with zero attached hydrogens (tertiary/aromatic N) is 1. The summed E-state index contributed by atoms with van der Waals surface area (Å²) in [7, 11) is 0. The lowest BCUT2D eigenvalue weighted by Crippen LogP contribution is -2.23. The van der Waals surface area contributed by atoms with Crippen LogP contribution < -0.4 is 9.64 Å². The first-order valence-electron chi connectivity index (χ1n) is 7.02. The molecule has 0 spiro atoms. The fraction of sp³-hybridized carbons (Fsp3) is 0.176. The van der Waals surface area contributed by atoms with E-state index in [1.54, 1.807) is 53.4 Å². The quantitative estimate of drug-likeness (QED) is 0.618. The number of halogens is 1. The minimum absolute atomic E-state index is 0.139. The van der Waals surface area contributed by atoms with E-state index in [9.17, 15) is 9.59 Å². The molecular weight excluding hydrogens is 346 g/mol. The second kappa shape index (κ2) is 6.32. The minimum atomic E-state index is -0.405. The smallest absolute Gasteiger partial charge is 0.343 e. The Hall–Kier alpha value is -2.14. The molecule has 0 atom stereocenters. The molecule has 22 heavy (non-hydrogen) atoms. The Labute approximate surface area is 136 Å². The van der Waals surface area contributed by atoms with E-state index in [4.69, 9.17) is 4.74 Å². The fourth-order valence-corrected chi connectivity index (χ4v) is 2.63. The third-order valence-corrected chi connectivity index (χ3v) is 4.04. The zero-order valence-corrected chi connectivity index (χ0v) is 13.4. The molecule has 5 heteroatoms. The van der Waals surface area contributed by atoms with Crippen LogP contribution in [0, 0.1) is 0 Å². The highest BCUT2D eigenvalue weighted by molar-refractivity contribution is 9.10. The molecule has 0 saturated carbocycles. The Kier molecular flexibility index (Phi) is 4.24. The molecule has 1 aliphatic rings. The summed E-state index contributed by atoms with van der Waals surface area (Å²) in [5, 5.41) is 0. The highest BCUT2D eigenvalue weighted by Crippen LogP contribution is 2.24. The van der Waals surface area contributed by atoms with Crippen molar-refractivity contribution in [1.29, 1.82) is 0 Å². The van der Waals surface area contributed by atoms with E-state index in [0.717, 1.165) is 23.1 Å². The van der Waals surface area contributed by atoms with Gasteiger partial charge in [-0.05, 0) is 55.0 Å². The maximum atomic E-state index is 12.0. The zero-order valence-electron chi connectivity index (χ0n) is 11.8. The summed E-state index contributed by atoms with van der Waals surface area (Å²) in [6.45, 7) is 0.747. The molecule has 0 N–H and O–H groups in total. The van der Waals surface area contributed by atoms with Crippen LogP contribution in [0.25, 0.3) is 0 Å². The maximum absolute atomic E-state index is 12.0. The largest absolute Gasteiger partial charge is 0.423 e. The molecule has 0 unspecified atom stereocenters. The highest BCUT2D eigenvalue weighted by atomic mass is 79.9. The van der Waals surface area contributed by atoms with Gasteiger partial charge in [0.05, 0.1) is 5.56 Å². The van der Waals surface area contributed by atoms with E-state index in [1.165, 1.54) is 0 Å². The predicted octanol–water partition coefficient (Wildman–Crippen LogP) is 3.80. The molecule has 3 rings (SSSR count). The summed E-state index contributed by atoms with van der Waals surface area (Å²) in [6.07, 6.45) is 1.49. The van der Waals surface area contributed by atoms with E-state index in [1.807, 2.05) is 0 Å². The SMILES string of the molecule is O=C(Oc1ccc(N2CCCC2=O)cc1)c1ccc(Br)cc1. The van der Waals surface area contributed by atoms with E-state index >= 15 is 0 Å². The minimum Gasteiger partial charge on any atom is -0.423 e. The van der Waals surface area contributed by atoms with Gasteiger partial charge in [-0.2, -0.15) is 0 Å². The monoisotopic (exact) mass is 359 g/mol. The Bertz CT molecular complexity index is 695. The van der Waals surface area contributed by atoms with Gasteiger partial charge in [0.2, 0.25) is 5.91 Å². The first-order chi connectivity index (χ1) is 10.6. The van der Waals surface area contributed by atoms with Crippen molar-refractivity contribution in [2.75, 3.05) is 11.4 Å². The third-order valence-electron chi connectivity index (χ3n) is 3.51. The number of anilines is 1. The Balaban J connectivity index is 1.69. The first-order valence-corrected chi connectivity index (χ1v) is 7.81. The standard InChI is InChI=1S/C17H14BrNO3/c18-13-5-3-12(4-6-13)17(21)22-15-9-7-14(8-10-15)19-11-1-2-16(19)20/h3-10H,1-2,11H2. The number of rotatable bonds is 3. The van der Waals surface area contributed by atoms with Gasteiger partial charge in [0, 0.05) is 23.1 Å². The van der Waals surface area contributed by atoms with Crippen LogP contribution in [-0.4, -0.2) is 18.4 Å². The molecule has 0 bridgehead atoms. The van der Waals surface area contributed by atoms with Gasteiger partial charge in [0.15, 0.2) is 0 Å². The van der Waals surface area contributed by atoms with Crippen LogP contribution in [-0.2, 0) is 4.79 Å². The van der Waals surface area contributed by atoms with Crippen molar-refractivity contribution >= 4 is 33.5 Å². The van der Waals surface area contributed by atoms with E-state index < -0.39 is 5.97 Å². The predicted molar refractivity (Wildman–Crippen MR) is 87.1 cm³/mol. The Morgan fingerprint density at radius 2 is 1.73 bits per heavy atom. The molecule has 2 aromatic rings. The Morgan fingerprint density at radius 1 is 1.05 bits per heavy atom. The van der Waals surface area contributed by atoms with Crippen molar-refractivity contribution in [3.63, 3.8) is 0 Å². The number of carbonyl (C=O) groups is 2. The number of amides is 1. The molecule has 1 heterocycles. The van der Waals surface area contributed by atoms with Crippen molar-refractivity contribution < 1.29 is 14.3 Å². The van der Waals surface area contributed by atoms with Gasteiger partial charge in [-0.15, -0.1) is 0 Å². The number of ether oxygens (including phenoxy) is 1. The van der Waals surface area contributed by atoms with Gasteiger partial charge >= 0.3 is 5.97 Å². The van der Waals surface area contributed by atoms with Crippen molar-refractivity contribution in [3.8, 4) is 5.75 Å². The summed E-state index contributed by atoms with van der Waals surface area (Å²) in [5.74, 6) is 0.195. The van der Waals surface area contributed by atoms with Crippen molar-refractivity contribution in [2.45, 2.75) is 12.8 Å². The molecule has 2 aromatic carbocycles. The van der Waals surface area contributed by atoms with Crippen LogP contribution in [0.3, 0.4) is 0 Å². The average molecular weight is 360 g/mol. The van der Waals surface area contributed by atoms with Gasteiger partial charge in [-0.3, -0.25) is 4.79 Å². The summed E-state index contributed by atoms with van der Waals surface area (Å²) < 4.78 is 6.23. The topological polar surface area (TPSA) is 46.6 Å². The molecule has 1 amide bonds. The van der Waals surface area contributed by atoms with Crippen LogP contribution in [0.2, 0.25) is 0 Å². The normalized spacial score (nSPS) is 14.2. The van der Waals surface area contributed by atoms with Crippen LogP contribution in [0.1, 0.15) is 23.2 Å². The van der Waals surface area contributed by atoms with E-state index in [-0.39, 0.29) is 5.91 Å². The third kappa shape index (κ3) is 3.20. The zero-order chi connectivity index (χ0) is 15.5. The Morgan fingerprint density at radius 3 is 2.32 bits per heavy atom. The fourth-order valence-electron chi connectivity index (χ4n) is 2.37. The molecule has 0 aliphatic carbocycles. The van der Waals surface area contributed by atoms with Crippen LogP contribution >= 0.6 is 15.9 Å². The molecule has 0 radical (unpaired) electrons. The number of carbonyl (C=O) groups excluding carboxylic acids is 2. The molecular formula is C17H14BrNO3. The molecule has 1 saturated heterocycles. The molecule has 4 nitrogen and oxygen atoms in total. The molecule has 112 valence electrons. The van der Waals surface area contributed by atoms with Gasteiger partial charge in [-0.25, -0.2) is 4.79 Å². The van der Waals surface area contributed by atoms with Gasteiger partial charge < -0.3 is 9.64 Å². The summed E-state index contributed by atoms with van der Waals surface area (Å²) in [5.41, 5.74) is 1.33. The lowest BCUT2D eigenvalue weighted by atomic mass is 10.2. The van der Waals surface area contributed by atoms with Crippen LogP contribution in [0.15, 0.2) is 53.0 Å². The number of esters is 1. The van der Waals surface area contributed by atoms with E-state index in [0.29, 0.717) is 17.7 Å². The average Bonchev–Trinajstić information content (AvgIpc) is 2.95. The summed E-state index contributed by atoms with van der Waals surface area (Å²) in [6, 6.07) is 14.0. The summed E-state index contributed by atoms with van der Waals surface area (Å²) in [4.78, 5) is 25.5. The van der Waals surface area contributed by atoms with Gasteiger partial charge in [-0.1, -0.05) is 15.9 Å². The first kappa shape index (κ1) is 14.8. The van der Waals surface area contributed by atoms with Gasteiger partial charge in [0.1, 0.15) is 5.75 Å². The lowest BCUT2D eigenvalue weighted by Gasteiger charge is -2.15. The molecule has 0 aromatic heterocycles. The molecule has 1 aliphatic heterocycles. The number of hydrogen-bond acceptors (Lipinski definition) is 3. The van der Waals surface area contributed by atoms with E-state index in [2.05, 4.69) is 15.9 Å². The van der Waals surface area contributed by atoms with Crippen molar-refractivity contribution in [1.82, 2.24) is 0 Å². The second-order valence-corrected chi connectivity index (χ2v) is 5.95. The van der Waals surface area contributed by atoms with Crippen LogP contribution in [0.5, 0.6) is 5.75 Å². The highest BCUT2D eigenvalue weighted by Gasteiger charge is 2.21. The van der Waals surface area contributed by atoms with Crippen LogP contribution in [0.4, 0.5) is 5.69 Å². The second-order valence-electron chi connectivity index (χ2n) is 5.04. The number of benzene rings is 2. The van der Waals surface area contributed by atoms with Crippen molar-refractivity contribution in [2.24, 2.45) is 0 Å². The van der Waals surface area contributed by atoms with Crippen molar-refractivity contribution in [3.05, 3.63) is 58.6 Å².